The molecule has 0 aliphatic heterocycles. The van der Waals surface area contributed by atoms with E-state index in [0.717, 1.165) is 0 Å². The average Bonchev–Trinajstić information content (AvgIpc) is 2.90. The molecule has 0 spiro atoms. The molecule has 0 amide bonds. The summed E-state index contributed by atoms with van der Waals surface area (Å²) >= 11 is 0. The average molecular weight is 324 g/mol. The summed E-state index contributed by atoms with van der Waals surface area (Å²) in [6.45, 7) is 2.58. The monoisotopic (exact) mass is 324 g/mol. The Morgan fingerprint density at radius 1 is 1.26 bits per heavy atom. The van der Waals surface area contributed by atoms with E-state index >= 15 is 0 Å². The molecule has 1 N–H and O–H groups in total. The molecular formula is C15H13F3N3O2+. The third-order valence-electron chi connectivity index (χ3n) is 3.38. The van der Waals surface area contributed by atoms with Crippen LogP contribution in [0.25, 0.3) is 16.9 Å². The van der Waals surface area contributed by atoms with E-state index < -0.39 is 6.36 Å². The zero-order valence-corrected chi connectivity index (χ0v) is 12.1. The first-order valence-electron chi connectivity index (χ1n) is 6.87. The minimum Gasteiger partial charge on any atom is -0.406 e. The Morgan fingerprint density at radius 2 is 1.96 bits per heavy atom. The molecule has 0 unspecified atom stereocenters. The number of H-pyrrole nitrogens is 1. The highest BCUT2D eigenvalue weighted by molar-refractivity contribution is 5.60. The van der Waals surface area contributed by atoms with Gasteiger partial charge in [0.05, 0.1) is 12.2 Å². The van der Waals surface area contributed by atoms with E-state index in [4.69, 9.17) is 0 Å². The van der Waals surface area contributed by atoms with Crippen molar-refractivity contribution in [1.82, 2.24) is 9.38 Å². The van der Waals surface area contributed by atoms with Crippen molar-refractivity contribution in [2.75, 3.05) is 0 Å². The summed E-state index contributed by atoms with van der Waals surface area (Å²) in [6, 6.07) is 5.31. The van der Waals surface area contributed by atoms with Crippen molar-refractivity contribution < 1.29 is 22.5 Å². The topological polar surface area (TPSA) is 50.4 Å². The number of nitrogens with one attached hydrogen (secondary N) is 1. The van der Waals surface area contributed by atoms with Crippen molar-refractivity contribution in [3.05, 3.63) is 53.2 Å². The number of rotatable bonds is 3. The van der Waals surface area contributed by atoms with Crippen molar-refractivity contribution in [3.8, 4) is 17.0 Å². The number of aromatic amines is 1. The number of imidazole rings is 1. The van der Waals surface area contributed by atoms with Gasteiger partial charge in [0.1, 0.15) is 24.3 Å². The van der Waals surface area contributed by atoms with Gasteiger partial charge in [-0.2, -0.15) is 4.40 Å². The van der Waals surface area contributed by atoms with Crippen LogP contribution >= 0.6 is 0 Å². The van der Waals surface area contributed by atoms with Gasteiger partial charge in [-0.05, 0) is 31.2 Å². The van der Waals surface area contributed by atoms with Crippen molar-refractivity contribution >= 4 is 5.65 Å². The number of aromatic nitrogens is 3. The fraction of sp³-hybridized carbons (Fsp3) is 0.200. The molecule has 0 saturated carbocycles. The van der Waals surface area contributed by atoms with Crippen LogP contribution in [-0.2, 0) is 6.54 Å². The van der Waals surface area contributed by atoms with Gasteiger partial charge in [-0.3, -0.25) is 4.79 Å². The molecule has 2 heterocycles. The van der Waals surface area contributed by atoms with E-state index in [0.29, 0.717) is 23.4 Å². The Morgan fingerprint density at radius 3 is 2.57 bits per heavy atom. The highest BCUT2D eigenvalue weighted by Gasteiger charge is 2.31. The molecule has 0 atom stereocenters. The number of benzene rings is 1. The maximum absolute atomic E-state index is 12.2. The number of hydrogen-bond donors (Lipinski definition) is 1. The van der Waals surface area contributed by atoms with Gasteiger partial charge in [0.15, 0.2) is 0 Å². The molecule has 3 rings (SSSR count). The van der Waals surface area contributed by atoms with Crippen LogP contribution in [0.2, 0.25) is 0 Å². The molecule has 0 bridgehead atoms. The van der Waals surface area contributed by atoms with Gasteiger partial charge in [-0.1, -0.05) is 0 Å². The Hall–Kier alpha value is -2.77. The lowest BCUT2D eigenvalue weighted by atomic mass is 10.1. The number of alkyl halides is 3. The number of aryl methyl sites for hydroxylation is 1. The molecular weight excluding hydrogens is 311 g/mol. The van der Waals surface area contributed by atoms with Gasteiger partial charge >= 0.3 is 17.6 Å². The molecule has 5 nitrogen and oxygen atoms in total. The number of ether oxygens (including phenoxy) is 1. The van der Waals surface area contributed by atoms with Crippen LogP contribution in [0, 0.1) is 0 Å². The van der Waals surface area contributed by atoms with Crippen molar-refractivity contribution in [2.45, 2.75) is 19.8 Å². The normalized spacial score (nSPS) is 11.8. The van der Waals surface area contributed by atoms with E-state index in [2.05, 4.69) is 9.72 Å². The Labute approximate surface area is 128 Å². The molecule has 8 heteroatoms. The lowest BCUT2D eigenvalue weighted by molar-refractivity contribution is -0.667. The molecule has 0 radical (unpaired) electrons. The predicted octanol–water partition coefficient (Wildman–Crippen LogP) is 2.50. The molecule has 0 aliphatic carbocycles. The van der Waals surface area contributed by atoms with E-state index in [-0.39, 0.29) is 11.3 Å². The summed E-state index contributed by atoms with van der Waals surface area (Å²) in [4.78, 5) is 14.9. The minimum absolute atomic E-state index is 0.273. The van der Waals surface area contributed by atoms with Crippen molar-refractivity contribution in [3.63, 3.8) is 0 Å². The minimum atomic E-state index is -4.73. The van der Waals surface area contributed by atoms with Gasteiger partial charge in [-0.25, -0.2) is 4.57 Å². The maximum Gasteiger partial charge on any atom is 0.573 e. The van der Waals surface area contributed by atoms with Crippen molar-refractivity contribution in [1.29, 1.82) is 0 Å². The standard InChI is InChI=1S/C15H12F3N3O2/c1-2-20-7-8-21-9-12(19-13(22)14(20)21)10-3-5-11(6-4-10)23-15(16,17)18/h3-9H,2H2,1H3/p+1. The smallest absolute Gasteiger partial charge is 0.406 e. The van der Waals surface area contributed by atoms with Crippen LogP contribution in [0.4, 0.5) is 13.2 Å². The van der Waals surface area contributed by atoms with Crippen LogP contribution in [0.5, 0.6) is 5.75 Å². The lowest BCUT2D eigenvalue weighted by Crippen LogP contribution is -2.35. The molecule has 23 heavy (non-hydrogen) atoms. The molecule has 3 aromatic rings. The Bertz CT molecular complexity index is 895. The van der Waals surface area contributed by atoms with Crippen LogP contribution < -0.4 is 14.9 Å². The summed E-state index contributed by atoms with van der Waals surface area (Å²) in [5, 5.41) is 0. The van der Waals surface area contributed by atoms with Crippen LogP contribution in [0.1, 0.15) is 6.92 Å². The molecule has 120 valence electrons. The highest BCUT2D eigenvalue weighted by atomic mass is 19.4. The summed E-state index contributed by atoms with van der Waals surface area (Å²) in [6.07, 6.45) is 0.517. The lowest BCUT2D eigenvalue weighted by Gasteiger charge is -2.09. The second-order valence-electron chi connectivity index (χ2n) is 4.88. The zero-order valence-electron chi connectivity index (χ0n) is 12.1. The van der Waals surface area contributed by atoms with E-state index in [9.17, 15) is 18.0 Å². The SMILES string of the molecule is CC[n+]1ccn2cc(-c3ccc(OC(F)(F)F)cc3)[nH]c(=O)c21. The van der Waals surface area contributed by atoms with Gasteiger partial charge in [0.25, 0.3) is 0 Å². The number of fused-ring (bicyclic) bond motifs is 1. The number of nitrogens with zero attached hydrogens (tertiary/aromatic N) is 2. The molecule has 2 aromatic heterocycles. The zero-order chi connectivity index (χ0) is 16.6. The summed E-state index contributed by atoms with van der Waals surface area (Å²) in [5.41, 5.74) is 1.30. The predicted molar refractivity (Wildman–Crippen MR) is 76.0 cm³/mol. The van der Waals surface area contributed by atoms with Crippen LogP contribution in [0.15, 0.2) is 47.7 Å². The van der Waals surface area contributed by atoms with E-state index in [1.165, 1.54) is 24.3 Å². The van der Waals surface area contributed by atoms with Crippen molar-refractivity contribution in [2.24, 2.45) is 0 Å². The Kier molecular flexibility index (Phi) is 3.59. The molecule has 0 saturated heterocycles. The first kappa shape index (κ1) is 15.1. The fourth-order valence-electron chi connectivity index (χ4n) is 2.38. The molecule has 1 aromatic carbocycles. The quantitative estimate of drug-likeness (QED) is 0.753. The fourth-order valence-corrected chi connectivity index (χ4v) is 2.38. The van der Waals surface area contributed by atoms with Gasteiger partial charge in [0, 0.05) is 5.56 Å². The van der Waals surface area contributed by atoms with Crippen LogP contribution in [-0.4, -0.2) is 15.7 Å². The van der Waals surface area contributed by atoms with Gasteiger partial charge in [0.2, 0.25) is 0 Å². The molecule has 0 aliphatic rings. The summed E-state index contributed by atoms with van der Waals surface area (Å²) in [5.74, 6) is -0.311. The van der Waals surface area contributed by atoms with E-state index in [1.54, 1.807) is 27.6 Å². The van der Waals surface area contributed by atoms with E-state index in [1.807, 2.05) is 6.92 Å². The summed E-state index contributed by atoms with van der Waals surface area (Å²) in [7, 11) is 0. The third kappa shape index (κ3) is 3.05. The maximum atomic E-state index is 12.2. The largest absolute Gasteiger partial charge is 0.573 e. The first-order chi connectivity index (χ1) is 10.9. The second kappa shape index (κ2) is 5.45. The van der Waals surface area contributed by atoms with Crippen LogP contribution in [0.3, 0.4) is 0 Å². The second-order valence-corrected chi connectivity index (χ2v) is 4.88. The van der Waals surface area contributed by atoms with Gasteiger partial charge < -0.3 is 9.72 Å². The number of halogens is 3. The summed E-state index contributed by atoms with van der Waals surface area (Å²) < 4.78 is 43.8. The third-order valence-corrected chi connectivity index (χ3v) is 3.38. The first-order valence-corrected chi connectivity index (χ1v) is 6.87. The van der Waals surface area contributed by atoms with Gasteiger partial charge in [-0.15, -0.1) is 13.2 Å². The molecule has 0 fully saturated rings. The Balaban J connectivity index is 1.99. The highest BCUT2D eigenvalue weighted by Crippen LogP contribution is 2.25. The number of hydrogen-bond acceptors (Lipinski definition) is 2.